The molecule has 14 heavy (non-hydrogen) atoms. The fraction of sp³-hybridized carbons (Fsp3) is 0.625. The van der Waals surface area contributed by atoms with Crippen LogP contribution in [0, 0.1) is 6.92 Å². The third kappa shape index (κ3) is 2.53. The number of rotatable bonds is 3. The lowest BCUT2D eigenvalue weighted by Gasteiger charge is -2.22. The molecule has 1 heterocycles. The van der Waals surface area contributed by atoms with Crippen LogP contribution >= 0.6 is 0 Å². The van der Waals surface area contributed by atoms with Crippen molar-refractivity contribution >= 4 is 5.91 Å². The largest absolute Gasteiger partial charge is 0.343 e. The number of carbonyl (C=O) groups excluding carboxylic acids is 1. The first-order chi connectivity index (χ1) is 6.44. The van der Waals surface area contributed by atoms with Crippen LogP contribution in [0.3, 0.4) is 0 Å². The van der Waals surface area contributed by atoms with Crippen LogP contribution in [-0.2, 0) is 0 Å². The van der Waals surface area contributed by atoms with E-state index in [9.17, 15) is 4.79 Å². The predicted octanol–water partition coefficient (Wildman–Crippen LogP) is -0.155. The topological polar surface area (TPSA) is 94.0 Å². The number of aryl methyl sites for hydroxylation is 1. The van der Waals surface area contributed by atoms with E-state index in [0.717, 1.165) is 0 Å². The molecule has 0 radical (unpaired) electrons. The highest BCUT2D eigenvalue weighted by Crippen LogP contribution is 2.01. The first kappa shape index (κ1) is 10.6. The molecule has 6 heteroatoms. The maximum absolute atomic E-state index is 11.5. The molecule has 0 aliphatic carbocycles. The fourth-order valence-electron chi connectivity index (χ4n) is 0.806. The normalized spacial score (nSPS) is 11.4. The first-order valence-electron chi connectivity index (χ1n) is 4.27. The predicted molar refractivity (Wildman–Crippen MR) is 49.6 cm³/mol. The Bertz CT molecular complexity index is 332. The summed E-state index contributed by atoms with van der Waals surface area (Å²) in [6.45, 7) is 5.60. The summed E-state index contributed by atoms with van der Waals surface area (Å²) in [5, 5.41) is 6.18. The summed E-state index contributed by atoms with van der Waals surface area (Å²) in [5.74, 6) is 0.0158. The molecule has 1 amide bonds. The standard InChI is InChI=1S/C8H14N4O2/c1-5-10-6(12-14-5)7(13)11-8(2,3)4-9/h4,9H2,1-3H3,(H,11,13). The van der Waals surface area contributed by atoms with Crippen molar-refractivity contribution in [3.05, 3.63) is 11.7 Å². The molecule has 0 spiro atoms. The molecule has 6 nitrogen and oxygen atoms in total. The fourth-order valence-corrected chi connectivity index (χ4v) is 0.806. The highest BCUT2D eigenvalue weighted by molar-refractivity contribution is 5.90. The van der Waals surface area contributed by atoms with E-state index in [2.05, 4.69) is 20.0 Å². The van der Waals surface area contributed by atoms with Gasteiger partial charge in [0, 0.05) is 19.0 Å². The molecule has 1 rings (SSSR count). The molecule has 1 aromatic heterocycles. The number of nitrogens with two attached hydrogens (primary N) is 1. The van der Waals surface area contributed by atoms with Crippen LogP contribution in [0.15, 0.2) is 4.52 Å². The Balaban J connectivity index is 2.68. The number of hydrogen-bond donors (Lipinski definition) is 2. The quantitative estimate of drug-likeness (QED) is 0.704. The van der Waals surface area contributed by atoms with Crippen LogP contribution in [0.5, 0.6) is 0 Å². The Labute approximate surface area is 81.9 Å². The van der Waals surface area contributed by atoms with Crippen LogP contribution in [0.1, 0.15) is 30.4 Å². The molecule has 0 fully saturated rings. The molecule has 0 saturated heterocycles. The molecular weight excluding hydrogens is 184 g/mol. The van der Waals surface area contributed by atoms with E-state index < -0.39 is 5.54 Å². The van der Waals surface area contributed by atoms with Gasteiger partial charge in [-0.25, -0.2) is 0 Å². The summed E-state index contributed by atoms with van der Waals surface area (Å²) in [7, 11) is 0. The Hall–Kier alpha value is -1.43. The number of hydrogen-bond acceptors (Lipinski definition) is 5. The highest BCUT2D eigenvalue weighted by Gasteiger charge is 2.22. The Kier molecular flexibility index (Phi) is 2.85. The van der Waals surface area contributed by atoms with Gasteiger partial charge in [0.1, 0.15) is 0 Å². The third-order valence-corrected chi connectivity index (χ3v) is 1.69. The van der Waals surface area contributed by atoms with Gasteiger partial charge in [-0.2, -0.15) is 4.98 Å². The molecule has 0 aromatic carbocycles. The van der Waals surface area contributed by atoms with E-state index in [4.69, 9.17) is 5.73 Å². The minimum Gasteiger partial charge on any atom is -0.343 e. The van der Waals surface area contributed by atoms with E-state index in [0.29, 0.717) is 12.4 Å². The van der Waals surface area contributed by atoms with Gasteiger partial charge in [0.15, 0.2) is 0 Å². The zero-order valence-electron chi connectivity index (χ0n) is 8.50. The van der Waals surface area contributed by atoms with Gasteiger partial charge in [-0.05, 0) is 13.8 Å². The summed E-state index contributed by atoms with van der Waals surface area (Å²) in [6, 6.07) is 0. The van der Waals surface area contributed by atoms with Crippen molar-refractivity contribution in [2.24, 2.45) is 5.73 Å². The number of nitrogens with one attached hydrogen (secondary N) is 1. The summed E-state index contributed by atoms with van der Waals surface area (Å²) in [4.78, 5) is 15.3. The molecule has 0 aliphatic heterocycles. The Morgan fingerprint density at radius 3 is 2.71 bits per heavy atom. The average molecular weight is 198 g/mol. The molecule has 0 aliphatic rings. The van der Waals surface area contributed by atoms with E-state index in [1.54, 1.807) is 6.92 Å². The molecule has 0 atom stereocenters. The zero-order chi connectivity index (χ0) is 10.8. The van der Waals surface area contributed by atoms with Crippen molar-refractivity contribution < 1.29 is 9.32 Å². The lowest BCUT2D eigenvalue weighted by Crippen LogP contribution is -2.49. The molecule has 0 unspecified atom stereocenters. The average Bonchev–Trinajstić information content (AvgIpc) is 2.51. The van der Waals surface area contributed by atoms with Crippen LogP contribution in [-0.4, -0.2) is 28.1 Å². The van der Waals surface area contributed by atoms with Gasteiger partial charge in [-0.15, -0.1) is 0 Å². The summed E-state index contributed by atoms with van der Waals surface area (Å²) in [5.41, 5.74) is 4.99. The van der Waals surface area contributed by atoms with Crippen LogP contribution in [0.2, 0.25) is 0 Å². The molecule has 1 aromatic rings. The zero-order valence-corrected chi connectivity index (χ0v) is 8.50. The molecular formula is C8H14N4O2. The van der Waals surface area contributed by atoms with Crippen molar-refractivity contribution in [1.29, 1.82) is 0 Å². The highest BCUT2D eigenvalue weighted by atomic mass is 16.5. The van der Waals surface area contributed by atoms with Crippen molar-refractivity contribution in [2.75, 3.05) is 6.54 Å². The van der Waals surface area contributed by atoms with Gasteiger partial charge in [0.2, 0.25) is 5.89 Å². The summed E-state index contributed by atoms with van der Waals surface area (Å²) >= 11 is 0. The van der Waals surface area contributed by atoms with Gasteiger partial charge in [0.05, 0.1) is 0 Å². The second-order valence-electron chi connectivity index (χ2n) is 3.68. The van der Waals surface area contributed by atoms with E-state index in [1.807, 2.05) is 13.8 Å². The molecule has 0 saturated carbocycles. The van der Waals surface area contributed by atoms with Crippen molar-refractivity contribution in [3.8, 4) is 0 Å². The van der Waals surface area contributed by atoms with Crippen LogP contribution in [0.25, 0.3) is 0 Å². The number of aromatic nitrogens is 2. The lowest BCUT2D eigenvalue weighted by atomic mass is 10.1. The lowest BCUT2D eigenvalue weighted by molar-refractivity contribution is 0.0902. The van der Waals surface area contributed by atoms with Crippen LogP contribution < -0.4 is 11.1 Å². The van der Waals surface area contributed by atoms with Crippen molar-refractivity contribution in [3.63, 3.8) is 0 Å². The van der Waals surface area contributed by atoms with Gasteiger partial charge >= 0.3 is 0 Å². The number of carbonyl (C=O) groups is 1. The smallest absolute Gasteiger partial charge is 0.293 e. The molecule has 3 N–H and O–H groups in total. The second kappa shape index (κ2) is 3.75. The summed E-state index contributed by atoms with van der Waals surface area (Å²) in [6.07, 6.45) is 0. The van der Waals surface area contributed by atoms with Gasteiger partial charge in [-0.1, -0.05) is 5.16 Å². The van der Waals surface area contributed by atoms with Crippen LogP contribution in [0.4, 0.5) is 0 Å². The second-order valence-corrected chi connectivity index (χ2v) is 3.68. The Morgan fingerprint density at radius 1 is 1.64 bits per heavy atom. The molecule has 0 bridgehead atoms. The van der Waals surface area contributed by atoms with E-state index >= 15 is 0 Å². The monoisotopic (exact) mass is 198 g/mol. The molecule has 78 valence electrons. The Morgan fingerprint density at radius 2 is 2.29 bits per heavy atom. The third-order valence-electron chi connectivity index (χ3n) is 1.69. The van der Waals surface area contributed by atoms with Gasteiger partial charge in [0.25, 0.3) is 11.7 Å². The van der Waals surface area contributed by atoms with Crippen molar-refractivity contribution in [1.82, 2.24) is 15.5 Å². The number of nitrogens with zero attached hydrogens (tertiary/aromatic N) is 2. The minimum absolute atomic E-state index is 0.0315. The maximum Gasteiger partial charge on any atom is 0.293 e. The van der Waals surface area contributed by atoms with Gasteiger partial charge < -0.3 is 15.6 Å². The minimum atomic E-state index is -0.467. The number of amides is 1. The first-order valence-corrected chi connectivity index (χ1v) is 4.27. The van der Waals surface area contributed by atoms with E-state index in [1.165, 1.54) is 0 Å². The van der Waals surface area contributed by atoms with Crippen molar-refractivity contribution in [2.45, 2.75) is 26.3 Å². The van der Waals surface area contributed by atoms with Gasteiger partial charge in [-0.3, -0.25) is 4.79 Å². The maximum atomic E-state index is 11.5. The summed E-state index contributed by atoms with van der Waals surface area (Å²) < 4.78 is 4.68. The van der Waals surface area contributed by atoms with E-state index in [-0.39, 0.29) is 11.7 Å². The SMILES string of the molecule is Cc1nc(C(=O)NC(C)(C)CN)no1.